The first-order valence-corrected chi connectivity index (χ1v) is 33.1. The van der Waals surface area contributed by atoms with Gasteiger partial charge in [-0.1, -0.05) is 150 Å². The molecule has 6 fully saturated rings. The van der Waals surface area contributed by atoms with Crippen LogP contribution in [0.15, 0.2) is 23.3 Å². The number of rotatable bonds is 26. The topological polar surface area (TPSA) is 111 Å². The number of nitrogens with one attached hydrogen (secondary N) is 2. The molecule has 0 spiro atoms. The lowest BCUT2D eigenvalue weighted by molar-refractivity contribution is -0.153. The molecule has 2 N–H and O–H groups in total. The van der Waals surface area contributed by atoms with Crippen molar-refractivity contribution in [3.63, 3.8) is 0 Å². The van der Waals surface area contributed by atoms with Gasteiger partial charge in [-0.2, -0.15) is 0 Å². The Morgan fingerprint density at radius 2 is 0.883 bits per heavy atom. The Balaban J connectivity index is 0.635. The third kappa shape index (κ3) is 14.0. The van der Waals surface area contributed by atoms with Gasteiger partial charge in [0.25, 0.3) is 0 Å². The summed E-state index contributed by atoms with van der Waals surface area (Å²) in [6.45, 7) is 26.2. The number of unbranched alkanes of at least 4 members (excludes halogenated alkanes) is 4. The van der Waals surface area contributed by atoms with Crippen LogP contribution in [0.2, 0.25) is 0 Å². The maximum Gasteiger partial charge on any atom is 0.306 e. The quantitative estimate of drug-likeness (QED) is 0.0507. The van der Waals surface area contributed by atoms with Crippen LogP contribution in [0, 0.1) is 92.7 Å². The Kier molecular flexibility index (Phi) is 20.8. The number of amides is 2. The number of carbonyl (C=O) groups is 4. The summed E-state index contributed by atoms with van der Waals surface area (Å²) in [6, 6.07) is 0. The van der Waals surface area contributed by atoms with Crippen molar-refractivity contribution in [2.75, 3.05) is 13.1 Å². The van der Waals surface area contributed by atoms with E-state index in [-0.39, 0.29) is 72.5 Å². The zero-order valence-corrected chi connectivity index (χ0v) is 51.0. The van der Waals surface area contributed by atoms with E-state index >= 15 is 0 Å². The van der Waals surface area contributed by atoms with E-state index in [0.29, 0.717) is 23.9 Å². The first-order chi connectivity index (χ1) is 36.7. The molecule has 8 heteroatoms. The Bertz CT molecular complexity index is 1920. The van der Waals surface area contributed by atoms with Crippen molar-refractivity contribution in [3.8, 4) is 0 Å². The summed E-state index contributed by atoms with van der Waals surface area (Å²) >= 11 is 0. The highest BCUT2D eigenvalue weighted by Crippen LogP contribution is 2.69. The van der Waals surface area contributed by atoms with Crippen molar-refractivity contribution in [3.05, 3.63) is 23.3 Å². The van der Waals surface area contributed by atoms with Gasteiger partial charge in [-0.3, -0.25) is 19.2 Å². The summed E-state index contributed by atoms with van der Waals surface area (Å²) in [7, 11) is 0. The van der Waals surface area contributed by atoms with Gasteiger partial charge < -0.3 is 20.1 Å². The smallest absolute Gasteiger partial charge is 0.306 e. The van der Waals surface area contributed by atoms with E-state index in [2.05, 4.69) is 92.0 Å². The van der Waals surface area contributed by atoms with Crippen molar-refractivity contribution >= 4 is 23.8 Å². The molecule has 6 saturated carbocycles. The normalized spacial score (nSPS) is 36.9. The van der Waals surface area contributed by atoms with E-state index in [1.807, 2.05) is 0 Å². The second-order valence-electron chi connectivity index (χ2n) is 29.8. The molecule has 8 aliphatic rings. The van der Waals surface area contributed by atoms with Crippen LogP contribution in [0.25, 0.3) is 0 Å². The molecule has 0 bridgehead atoms. The van der Waals surface area contributed by atoms with E-state index in [1.165, 1.54) is 114 Å². The molecule has 0 unspecified atom stereocenters. The predicted molar refractivity (Wildman–Crippen MR) is 313 cm³/mol. The highest BCUT2D eigenvalue weighted by Gasteiger charge is 2.61. The van der Waals surface area contributed by atoms with Gasteiger partial charge in [-0.05, 0) is 195 Å². The van der Waals surface area contributed by atoms with Gasteiger partial charge in [0.15, 0.2) is 0 Å². The Morgan fingerprint density at radius 3 is 1.29 bits per heavy atom. The SMILES string of the molecule is CC(C)CCC[C@@H](C)[C@H]1CC[C@H]2[C@@H]3CC=C4C[C@@H](OC(=O)CCC(=O)NCCCCCCCNC(=O)CCC(=O)O[C@H]5CC[C@@]6(C)C(=CC[C@H]7[C@@H]8CC[C@H]([C@H](C)CCCC(C)C)[C@@]8(C)CC[C@@H]76)C5)CC[C@]4(C)[C@H]3CC[C@]12C. The van der Waals surface area contributed by atoms with E-state index in [1.54, 1.807) is 0 Å². The molecular weight excluding hydrogens is 953 g/mol. The van der Waals surface area contributed by atoms with Crippen LogP contribution in [0.3, 0.4) is 0 Å². The van der Waals surface area contributed by atoms with Crippen molar-refractivity contribution in [1.82, 2.24) is 10.6 Å². The first-order valence-electron chi connectivity index (χ1n) is 33.1. The van der Waals surface area contributed by atoms with Gasteiger partial charge >= 0.3 is 11.9 Å². The largest absolute Gasteiger partial charge is 0.462 e. The molecule has 2 amide bonds. The maximum absolute atomic E-state index is 13.0. The molecule has 0 radical (unpaired) electrons. The minimum atomic E-state index is -0.245. The van der Waals surface area contributed by atoms with Crippen LogP contribution in [-0.4, -0.2) is 49.1 Å². The number of esters is 2. The van der Waals surface area contributed by atoms with Crippen LogP contribution in [0.4, 0.5) is 0 Å². The first kappa shape index (κ1) is 60.5. The van der Waals surface area contributed by atoms with Gasteiger partial charge in [0.05, 0.1) is 12.8 Å². The summed E-state index contributed by atoms with van der Waals surface area (Å²) in [5.41, 5.74) is 4.51. The molecule has 0 aromatic rings. The molecule has 8 aliphatic carbocycles. The lowest BCUT2D eigenvalue weighted by Crippen LogP contribution is -2.51. The molecule has 0 aromatic heterocycles. The molecule has 0 heterocycles. The van der Waals surface area contributed by atoms with Crippen molar-refractivity contribution in [1.29, 1.82) is 0 Å². The van der Waals surface area contributed by atoms with Crippen molar-refractivity contribution in [2.24, 2.45) is 92.7 Å². The van der Waals surface area contributed by atoms with Gasteiger partial charge in [-0.15, -0.1) is 0 Å². The van der Waals surface area contributed by atoms with E-state index in [0.717, 1.165) is 142 Å². The predicted octanol–water partition coefficient (Wildman–Crippen LogP) is 16.6. The number of hydrogen-bond donors (Lipinski definition) is 2. The second kappa shape index (κ2) is 26.5. The molecule has 8 nitrogen and oxygen atoms in total. The highest BCUT2D eigenvalue weighted by molar-refractivity contribution is 5.82. The number of allylic oxidation sites excluding steroid dienone is 2. The minimum absolute atomic E-state index is 0.0748. The molecule has 0 aromatic carbocycles. The average molecular weight is 1070 g/mol. The summed E-state index contributed by atoms with van der Waals surface area (Å²) < 4.78 is 12.1. The lowest BCUT2D eigenvalue weighted by atomic mass is 9.47. The lowest BCUT2D eigenvalue weighted by Gasteiger charge is -2.58. The fourth-order valence-corrected chi connectivity index (χ4v) is 19.8. The summed E-state index contributed by atoms with van der Waals surface area (Å²) in [5, 5.41) is 6.01. The zero-order chi connectivity index (χ0) is 55.1. The van der Waals surface area contributed by atoms with Gasteiger partial charge in [0.1, 0.15) is 12.2 Å². The van der Waals surface area contributed by atoms with Gasteiger partial charge in [0, 0.05) is 38.8 Å². The molecule has 436 valence electrons. The van der Waals surface area contributed by atoms with Crippen LogP contribution in [0.1, 0.15) is 268 Å². The standard InChI is InChI=1S/C69H114N2O6/c1-46(2)18-16-20-48(5)56-26-28-58-54-24-22-50-44-52(34-38-66(50,7)60(54)36-40-68(56,58)9)76-64(74)32-30-62(72)70-42-14-12-11-13-15-43-71-63(73)31-33-65(75)77-53-35-39-67(8)51(45-53)23-25-55-59-29-27-57(49(6)21-17-19-47(3)4)69(59,10)41-37-61(55)67/h22-23,46-49,52-61H,11-21,24-45H2,1-10H3,(H,70,72)(H,71,73)/t48-,49-,52+,53+,54+,55+,56-,57-,58+,59+,60+,61+,66+,67+,68-,69-/m1/s1. The molecule has 77 heavy (non-hydrogen) atoms. The molecule has 0 saturated heterocycles. The van der Waals surface area contributed by atoms with Crippen LogP contribution < -0.4 is 10.6 Å². The third-order valence-electron chi connectivity index (χ3n) is 24.2. The monoisotopic (exact) mass is 1070 g/mol. The summed E-state index contributed by atoms with van der Waals surface area (Å²) in [5.74, 6) is 9.13. The highest BCUT2D eigenvalue weighted by atomic mass is 16.5. The summed E-state index contributed by atoms with van der Waals surface area (Å²) in [4.78, 5) is 51.3. The van der Waals surface area contributed by atoms with Crippen LogP contribution in [0.5, 0.6) is 0 Å². The molecular formula is C69H114N2O6. The van der Waals surface area contributed by atoms with E-state index < -0.39 is 0 Å². The number of hydrogen-bond acceptors (Lipinski definition) is 6. The van der Waals surface area contributed by atoms with Gasteiger partial charge in [-0.25, -0.2) is 0 Å². The minimum Gasteiger partial charge on any atom is -0.462 e. The fraction of sp³-hybridized carbons (Fsp3) is 0.884. The van der Waals surface area contributed by atoms with E-state index in [9.17, 15) is 19.2 Å². The maximum atomic E-state index is 13.0. The molecule has 16 atom stereocenters. The second-order valence-corrected chi connectivity index (χ2v) is 29.8. The average Bonchev–Trinajstić information content (AvgIpc) is 4.17. The molecule has 0 aliphatic heterocycles. The fourth-order valence-electron chi connectivity index (χ4n) is 19.8. The van der Waals surface area contributed by atoms with Crippen molar-refractivity contribution in [2.45, 2.75) is 280 Å². The number of fused-ring (bicyclic) bond motifs is 10. The van der Waals surface area contributed by atoms with Crippen LogP contribution in [-0.2, 0) is 28.7 Å². The third-order valence-corrected chi connectivity index (χ3v) is 24.2. The molecule has 8 rings (SSSR count). The number of carbonyl (C=O) groups excluding carboxylic acids is 4. The van der Waals surface area contributed by atoms with Crippen molar-refractivity contribution < 1.29 is 28.7 Å². The Hall–Kier alpha value is -2.64. The van der Waals surface area contributed by atoms with Crippen LogP contribution >= 0.6 is 0 Å². The van der Waals surface area contributed by atoms with Gasteiger partial charge in [0.2, 0.25) is 11.8 Å². The zero-order valence-electron chi connectivity index (χ0n) is 51.0. The Morgan fingerprint density at radius 1 is 0.481 bits per heavy atom. The van der Waals surface area contributed by atoms with E-state index in [4.69, 9.17) is 9.47 Å². The number of ether oxygens (including phenoxy) is 2. The Labute approximate surface area is 470 Å². The summed E-state index contributed by atoms with van der Waals surface area (Å²) in [6.07, 6.45) is 37.9.